The van der Waals surface area contributed by atoms with E-state index in [1.54, 1.807) is 54.6 Å². The molecule has 0 heterocycles. The lowest BCUT2D eigenvalue weighted by Crippen LogP contribution is -2.17. The van der Waals surface area contributed by atoms with E-state index >= 15 is 0 Å². The van der Waals surface area contributed by atoms with Gasteiger partial charge in [-0.3, -0.25) is 4.79 Å². The molecule has 0 spiro atoms. The van der Waals surface area contributed by atoms with E-state index in [9.17, 15) is 9.18 Å². The van der Waals surface area contributed by atoms with Crippen LogP contribution in [0.15, 0.2) is 71.8 Å². The van der Waals surface area contributed by atoms with Gasteiger partial charge < -0.3 is 9.47 Å². The first-order valence-corrected chi connectivity index (χ1v) is 9.66. The second-order valence-electron chi connectivity index (χ2n) is 6.25. The van der Waals surface area contributed by atoms with Gasteiger partial charge in [0.1, 0.15) is 23.9 Å². The molecule has 3 aromatic rings. The number of nitrogens with zero attached hydrogens (tertiary/aromatic N) is 1. The minimum atomic E-state index is -0.356. The third-order valence-corrected chi connectivity index (χ3v) is 4.31. The van der Waals surface area contributed by atoms with Crippen LogP contribution < -0.4 is 14.9 Å². The van der Waals surface area contributed by atoms with E-state index in [0.717, 1.165) is 5.56 Å². The van der Waals surface area contributed by atoms with E-state index in [0.29, 0.717) is 34.3 Å². The van der Waals surface area contributed by atoms with E-state index in [1.807, 2.05) is 6.92 Å². The summed E-state index contributed by atoms with van der Waals surface area (Å²) >= 11 is 6.07. The zero-order valence-electron chi connectivity index (χ0n) is 16.3. The van der Waals surface area contributed by atoms with Crippen LogP contribution in [0, 0.1) is 5.82 Å². The van der Waals surface area contributed by atoms with E-state index in [1.165, 1.54) is 18.3 Å². The van der Waals surface area contributed by atoms with Crippen LogP contribution in [0.25, 0.3) is 0 Å². The Morgan fingerprint density at radius 1 is 1.07 bits per heavy atom. The first-order chi connectivity index (χ1) is 14.5. The first-order valence-electron chi connectivity index (χ1n) is 9.28. The van der Waals surface area contributed by atoms with Crippen molar-refractivity contribution < 1.29 is 18.7 Å². The summed E-state index contributed by atoms with van der Waals surface area (Å²) in [6.45, 7) is 2.70. The van der Waals surface area contributed by atoms with Crippen LogP contribution >= 0.6 is 11.6 Å². The monoisotopic (exact) mass is 426 g/mol. The van der Waals surface area contributed by atoms with Crippen LogP contribution in [0.2, 0.25) is 5.02 Å². The van der Waals surface area contributed by atoms with Crippen LogP contribution in [0.3, 0.4) is 0 Å². The summed E-state index contributed by atoms with van der Waals surface area (Å²) in [6.07, 6.45) is 1.46. The predicted octanol–water partition coefficient (Wildman–Crippen LogP) is 5.22. The lowest BCUT2D eigenvalue weighted by atomic mass is 10.2. The number of hydrogen-bond donors (Lipinski definition) is 1. The van der Waals surface area contributed by atoms with Gasteiger partial charge >= 0.3 is 0 Å². The molecule has 154 valence electrons. The minimum Gasteiger partial charge on any atom is -0.494 e. The highest BCUT2D eigenvalue weighted by atomic mass is 35.5. The molecule has 0 atom stereocenters. The summed E-state index contributed by atoms with van der Waals surface area (Å²) in [5, 5.41) is 4.50. The number of nitrogens with one attached hydrogen (secondary N) is 1. The molecule has 0 saturated carbocycles. The molecule has 5 nitrogen and oxygen atoms in total. The molecule has 0 radical (unpaired) electrons. The maximum Gasteiger partial charge on any atom is 0.271 e. The Bertz CT molecular complexity index is 1020. The highest BCUT2D eigenvalue weighted by molar-refractivity contribution is 6.30. The molecule has 0 fully saturated rings. The quantitative estimate of drug-likeness (QED) is 0.397. The average Bonchev–Trinajstić information content (AvgIpc) is 2.75. The molecule has 1 amide bonds. The Morgan fingerprint density at radius 3 is 2.50 bits per heavy atom. The molecule has 3 rings (SSSR count). The molecule has 0 aliphatic rings. The highest BCUT2D eigenvalue weighted by Crippen LogP contribution is 2.22. The molecule has 0 bridgehead atoms. The Morgan fingerprint density at radius 2 is 1.80 bits per heavy atom. The summed E-state index contributed by atoms with van der Waals surface area (Å²) in [4.78, 5) is 12.2. The van der Waals surface area contributed by atoms with E-state index in [2.05, 4.69) is 10.5 Å². The van der Waals surface area contributed by atoms with Gasteiger partial charge in [-0.25, -0.2) is 9.82 Å². The van der Waals surface area contributed by atoms with Crippen LogP contribution in [0.4, 0.5) is 4.39 Å². The Balaban J connectivity index is 1.64. The Hall–Kier alpha value is -3.38. The van der Waals surface area contributed by atoms with Gasteiger partial charge in [0.25, 0.3) is 5.91 Å². The van der Waals surface area contributed by atoms with Gasteiger partial charge in [0.2, 0.25) is 0 Å². The van der Waals surface area contributed by atoms with E-state index in [4.69, 9.17) is 21.1 Å². The fourth-order valence-electron chi connectivity index (χ4n) is 2.59. The standard InChI is InChI=1S/C23H20ClFN2O3/c1-2-29-21-10-5-17(6-11-21)23(28)27-26-14-18-13-19(24)7-12-22(18)30-15-16-3-8-20(25)9-4-16/h3-14H,2,15H2,1H3,(H,27,28)/b26-14+. The largest absolute Gasteiger partial charge is 0.494 e. The SMILES string of the molecule is CCOc1ccc(C(=O)N/N=C/c2cc(Cl)ccc2OCc2ccc(F)cc2)cc1. The molecule has 0 aliphatic carbocycles. The predicted molar refractivity (Wildman–Crippen MR) is 115 cm³/mol. The van der Waals surface area contributed by atoms with Crippen molar-refractivity contribution in [2.45, 2.75) is 13.5 Å². The topological polar surface area (TPSA) is 59.9 Å². The van der Waals surface area contributed by atoms with Crippen molar-refractivity contribution in [2.24, 2.45) is 5.10 Å². The van der Waals surface area contributed by atoms with Crippen molar-refractivity contribution in [3.8, 4) is 11.5 Å². The number of benzene rings is 3. The van der Waals surface area contributed by atoms with Crippen LogP contribution in [-0.2, 0) is 6.61 Å². The summed E-state index contributed by atoms with van der Waals surface area (Å²) in [5.74, 6) is 0.564. The van der Waals surface area contributed by atoms with Crippen LogP contribution in [0.1, 0.15) is 28.4 Å². The van der Waals surface area contributed by atoms with Gasteiger partial charge in [-0.1, -0.05) is 23.7 Å². The highest BCUT2D eigenvalue weighted by Gasteiger charge is 2.06. The average molecular weight is 427 g/mol. The number of rotatable bonds is 8. The lowest BCUT2D eigenvalue weighted by Gasteiger charge is -2.10. The van der Waals surface area contributed by atoms with Gasteiger partial charge in [-0.2, -0.15) is 5.10 Å². The van der Waals surface area contributed by atoms with Crippen molar-refractivity contribution in [3.05, 3.63) is 94.3 Å². The number of amides is 1. The zero-order valence-corrected chi connectivity index (χ0v) is 17.0. The normalized spacial score (nSPS) is 10.8. The fourth-order valence-corrected chi connectivity index (χ4v) is 2.77. The molecule has 0 unspecified atom stereocenters. The molecule has 0 aromatic heterocycles. The van der Waals surface area contributed by atoms with Crippen molar-refractivity contribution >= 4 is 23.7 Å². The Kier molecular flexibility index (Phi) is 7.40. The van der Waals surface area contributed by atoms with Crippen molar-refractivity contribution in [2.75, 3.05) is 6.61 Å². The number of ether oxygens (including phenoxy) is 2. The smallest absolute Gasteiger partial charge is 0.271 e. The molecule has 0 saturated heterocycles. The molecular formula is C23H20ClFN2O3. The zero-order chi connectivity index (χ0) is 21.3. The molecular weight excluding hydrogens is 407 g/mol. The number of carbonyl (C=O) groups excluding carboxylic acids is 1. The number of hydrogen-bond acceptors (Lipinski definition) is 4. The Labute approximate surface area is 179 Å². The van der Waals surface area contributed by atoms with Gasteiger partial charge in [-0.05, 0) is 67.1 Å². The van der Waals surface area contributed by atoms with Crippen LogP contribution in [-0.4, -0.2) is 18.7 Å². The molecule has 3 aromatic carbocycles. The van der Waals surface area contributed by atoms with Crippen molar-refractivity contribution in [1.82, 2.24) is 5.43 Å². The minimum absolute atomic E-state index is 0.251. The van der Waals surface area contributed by atoms with Crippen LogP contribution in [0.5, 0.6) is 11.5 Å². The summed E-state index contributed by atoms with van der Waals surface area (Å²) in [6, 6.07) is 17.9. The van der Waals surface area contributed by atoms with Gasteiger partial charge in [-0.15, -0.1) is 0 Å². The third-order valence-electron chi connectivity index (χ3n) is 4.08. The van der Waals surface area contributed by atoms with Crippen molar-refractivity contribution in [3.63, 3.8) is 0 Å². The molecule has 1 N–H and O–H groups in total. The molecule has 30 heavy (non-hydrogen) atoms. The molecule has 7 heteroatoms. The van der Waals surface area contributed by atoms with Crippen molar-refractivity contribution in [1.29, 1.82) is 0 Å². The maximum atomic E-state index is 13.0. The summed E-state index contributed by atoms with van der Waals surface area (Å²) in [5.41, 5.74) is 4.34. The summed E-state index contributed by atoms with van der Waals surface area (Å²) < 4.78 is 24.2. The first kappa shape index (κ1) is 21.3. The lowest BCUT2D eigenvalue weighted by molar-refractivity contribution is 0.0955. The second-order valence-corrected chi connectivity index (χ2v) is 6.69. The number of hydrazone groups is 1. The number of halogens is 2. The fraction of sp³-hybridized carbons (Fsp3) is 0.130. The van der Waals surface area contributed by atoms with Gasteiger partial charge in [0.15, 0.2) is 0 Å². The number of carbonyl (C=O) groups is 1. The second kappa shape index (κ2) is 10.4. The third kappa shape index (κ3) is 6.06. The maximum absolute atomic E-state index is 13.0. The van der Waals surface area contributed by atoms with Gasteiger partial charge in [0.05, 0.1) is 12.8 Å². The summed E-state index contributed by atoms with van der Waals surface area (Å²) in [7, 11) is 0. The van der Waals surface area contributed by atoms with Gasteiger partial charge in [0, 0.05) is 16.1 Å². The molecule has 0 aliphatic heterocycles. The van der Waals surface area contributed by atoms with E-state index in [-0.39, 0.29) is 18.3 Å². The van der Waals surface area contributed by atoms with E-state index < -0.39 is 0 Å².